The minimum absolute atomic E-state index is 0.639. The topological polar surface area (TPSA) is 51.8 Å². The summed E-state index contributed by atoms with van der Waals surface area (Å²) < 4.78 is 5.98. The number of aromatic nitrogens is 3. The molecule has 6 rings (SSSR count). The molecule has 0 atom stereocenters. The molecule has 2 heterocycles. The number of para-hydroxylation sites is 1. The van der Waals surface area contributed by atoms with Crippen molar-refractivity contribution < 1.29 is 4.42 Å². The minimum Gasteiger partial charge on any atom is -0.456 e. The van der Waals surface area contributed by atoms with Crippen LogP contribution in [-0.2, 0) is 0 Å². The monoisotopic (exact) mass is 399 g/mol. The molecule has 31 heavy (non-hydrogen) atoms. The van der Waals surface area contributed by atoms with Crippen molar-refractivity contribution in [2.75, 3.05) is 0 Å². The molecule has 0 aliphatic heterocycles. The van der Waals surface area contributed by atoms with Crippen molar-refractivity contribution in [2.45, 2.75) is 0 Å². The van der Waals surface area contributed by atoms with Gasteiger partial charge in [0.05, 0.1) is 0 Å². The molecule has 0 unspecified atom stereocenters. The minimum atomic E-state index is 0.639. The molecule has 0 amide bonds. The quantitative estimate of drug-likeness (QED) is 0.329. The van der Waals surface area contributed by atoms with E-state index in [1.807, 2.05) is 91.0 Å². The fourth-order valence-corrected chi connectivity index (χ4v) is 3.80. The largest absolute Gasteiger partial charge is 0.456 e. The highest BCUT2D eigenvalue weighted by atomic mass is 16.3. The highest BCUT2D eigenvalue weighted by Gasteiger charge is 2.14. The molecule has 2 aromatic heterocycles. The zero-order valence-electron chi connectivity index (χ0n) is 16.6. The van der Waals surface area contributed by atoms with Gasteiger partial charge >= 0.3 is 0 Å². The SMILES string of the molecule is c1ccc(-c2nc(-c3ccccc3)nc(-c3ccc4oc5ccccc5c4c3)n2)cc1. The van der Waals surface area contributed by atoms with E-state index >= 15 is 0 Å². The molecule has 6 aromatic rings. The first-order chi connectivity index (χ1) is 15.3. The standard InChI is InChI=1S/C27H17N3O/c1-3-9-18(10-4-1)25-28-26(19-11-5-2-6-12-19)30-27(29-25)20-15-16-24-22(17-20)21-13-7-8-14-23(21)31-24/h1-17H. The summed E-state index contributed by atoms with van der Waals surface area (Å²) in [5.41, 5.74) is 4.57. The Balaban J connectivity index is 1.58. The van der Waals surface area contributed by atoms with Gasteiger partial charge in [0.2, 0.25) is 0 Å². The van der Waals surface area contributed by atoms with Gasteiger partial charge in [-0.3, -0.25) is 0 Å². The Morgan fingerprint density at radius 2 is 0.935 bits per heavy atom. The fourth-order valence-electron chi connectivity index (χ4n) is 3.80. The first-order valence-electron chi connectivity index (χ1n) is 10.1. The van der Waals surface area contributed by atoms with E-state index in [9.17, 15) is 0 Å². The predicted molar refractivity (Wildman–Crippen MR) is 123 cm³/mol. The second-order valence-corrected chi connectivity index (χ2v) is 7.35. The fraction of sp³-hybridized carbons (Fsp3) is 0. The van der Waals surface area contributed by atoms with Crippen LogP contribution in [0.3, 0.4) is 0 Å². The van der Waals surface area contributed by atoms with Gasteiger partial charge in [0.25, 0.3) is 0 Å². The summed E-state index contributed by atoms with van der Waals surface area (Å²) in [6, 6.07) is 34.1. The smallest absolute Gasteiger partial charge is 0.164 e. The van der Waals surface area contributed by atoms with Gasteiger partial charge in [-0.1, -0.05) is 78.9 Å². The van der Waals surface area contributed by atoms with E-state index in [0.29, 0.717) is 17.5 Å². The highest BCUT2D eigenvalue weighted by molar-refractivity contribution is 6.06. The number of hydrogen-bond donors (Lipinski definition) is 0. The number of nitrogens with zero attached hydrogens (tertiary/aromatic N) is 3. The lowest BCUT2D eigenvalue weighted by atomic mass is 10.1. The molecular weight excluding hydrogens is 382 g/mol. The summed E-state index contributed by atoms with van der Waals surface area (Å²) in [6.07, 6.45) is 0. The number of furan rings is 1. The van der Waals surface area contributed by atoms with Crippen molar-refractivity contribution in [2.24, 2.45) is 0 Å². The maximum absolute atomic E-state index is 5.98. The van der Waals surface area contributed by atoms with E-state index in [1.165, 1.54) is 0 Å². The zero-order valence-corrected chi connectivity index (χ0v) is 16.6. The van der Waals surface area contributed by atoms with Crippen LogP contribution in [0.2, 0.25) is 0 Å². The summed E-state index contributed by atoms with van der Waals surface area (Å²) >= 11 is 0. The van der Waals surface area contributed by atoms with Gasteiger partial charge in [0, 0.05) is 27.5 Å². The number of hydrogen-bond acceptors (Lipinski definition) is 4. The Labute approximate surface area is 178 Å². The normalized spacial score (nSPS) is 11.2. The van der Waals surface area contributed by atoms with Gasteiger partial charge in [0.15, 0.2) is 17.5 Å². The van der Waals surface area contributed by atoms with Crippen molar-refractivity contribution in [3.05, 3.63) is 103 Å². The lowest BCUT2D eigenvalue weighted by molar-refractivity contribution is 0.669. The molecule has 4 nitrogen and oxygen atoms in total. The molecule has 0 aliphatic carbocycles. The average molecular weight is 399 g/mol. The van der Waals surface area contributed by atoms with Crippen LogP contribution >= 0.6 is 0 Å². The van der Waals surface area contributed by atoms with Crippen molar-refractivity contribution in [1.82, 2.24) is 15.0 Å². The second kappa shape index (κ2) is 7.18. The molecule has 0 bridgehead atoms. The predicted octanol–water partition coefficient (Wildman–Crippen LogP) is 6.77. The highest BCUT2D eigenvalue weighted by Crippen LogP contribution is 2.32. The van der Waals surface area contributed by atoms with E-state index < -0.39 is 0 Å². The van der Waals surface area contributed by atoms with Crippen LogP contribution in [-0.4, -0.2) is 15.0 Å². The van der Waals surface area contributed by atoms with Crippen LogP contribution in [0, 0.1) is 0 Å². The van der Waals surface area contributed by atoms with E-state index in [0.717, 1.165) is 38.6 Å². The third-order valence-corrected chi connectivity index (χ3v) is 5.33. The molecule has 4 heteroatoms. The van der Waals surface area contributed by atoms with Gasteiger partial charge in [0.1, 0.15) is 11.2 Å². The molecule has 0 radical (unpaired) electrons. The number of fused-ring (bicyclic) bond motifs is 3. The van der Waals surface area contributed by atoms with E-state index in [4.69, 9.17) is 19.4 Å². The van der Waals surface area contributed by atoms with Crippen molar-refractivity contribution in [1.29, 1.82) is 0 Å². The van der Waals surface area contributed by atoms with E-state index in [2.05, 4.69) is 12.1 Å². The molecule has 0 N–H and O–H groups in total. The summed E-state index contributed by atoms with van der Waals surface area (Å²) in [5.74, 6) is 1.95. The Kier molecular flexibility index (Phi) is 4.06. The number of rotatable bonds is 3. The van der Waals surface area contributed by atoms with Gasteiger partial charge in [-0.05, 0) is 24.3 Å². The summed E-state index contributed by atoms with van der Waals surface area (Å²) in [4.78, 5) is 14.4. The maximum atomic E-state index is 5.98. The van der Waals surface area contributed by atoms with Crippen LogP contribution < -0.4 is 0 Å². The van der Waals surface area contributed by atoms with Crippen LogP contribution in [0.15, 0.2) is 108 Å². The molecule has 4 aromatic carbocycles. The Hall–Kier alpha value is -4.31. The average Bonchev–Trinajstić information content (AvgIpc) is 3.23. The van der Waals surface area contributed by atoms with Crippen LogP contribution in [0.4, 0.5) is 0 Å². The van der Waals surface area contributed by atoms with Gasteiger partial charge < -0.3 is 4.42 Å². The third kappa shape index (κ3) is 3.15. The zero-order chi connectivity index (χ0) is 20.6. The third-order valence-electron chi connectivity index (χ3n) is 5.33. The van der Waals surface area contributed by atoms with Crippen LogP contribution in [0.25, 0.3) is 56.1 Å². The Morgan fingerprint density at radius 3 is 1.58 bits per heavy atom. The first-order valence-corrected chi connectivity index (χ1v) is 10.1. The second-order valence-electron chi connectivity index (χ2n) is 7.35. The number of benzene rings is 4. The van der Waals surface area contributed by atoms with E-state index in [1.54, 1.807) is 0 Å². The Morgan fingerprint density at radius 1 is 0.419 bits per heavy atom. The molecule has 0 saturated carbocycles. The van der Waals surface area contributed by atoms with E-state index in [-0.39, 0.29) is 0 Å². The summed E-state index contributed by atoms with van der Waals surface area (Å²) in [5, 5.41) is 2.14. The van der Waals surface area contributed by atoms with Crippen molar-refractivity contribution >= 4 is 21.9 Å². The van der Waals surface area contributed by atoms with Gasteiger partial charge in [-0.25, -0.2) is 15.0 Å². The lowest BCUT2D eigenvalue weighted by Crippen LogP contribution is -2.00. The van der Waals surface area contributed by atoms with Crippen molar-refractivity contribution in [3.63, 3.8) is 0 Å². The van der Waals surface area contributed by atoms with Crippen molar-refractivity contribution in [3.8, 4) is 34.2 Å². The molecular formula is C27H17N3O. The first kappa shape index (κ1) is 17.5. The Bertz CT molecular complexity index is 1460. The summed E-state index contributed by atoms with van der Waals surface area (Å²) in [7, 11) is 0. The van der Waals surface area contributed by atoms with Gasteiger partial charge in [-0.15, -0.1) is 0 Å². The molecule has 0 spiro atoms. The molecule has 0 fully saturated rings. The molecule has 0 aliphatic rings. The lowest BCUT2D eigenvalue weighted by Gasteiger charge is -2.08. The van der Waals surface area contributed by atoms with Gasteiger partial charge in [-0.2, -0.15) is 0 Å². The maximum Gasteiger partial charge on any atom is 0.164 e. The molecule has 0 saturated heterocycles. The summed E-state index contributed by atoms with van der Waals surface area (Å²) in [6.45, 7) is 0. The molecule has 146 valence electrons. The van der Waals surface area contributed by atoms with Crippen LogP contribution in [0.5, 0.6) is 0 Å². The van der Waals surface area contributed by atoms with Crippen LogP contribution in [0.1, 0.15) is 0 Å².